The molecule has 0 radical (unpaired) electrons. The molecule has 5 nitrogen and oxygen atoms in total. The van der Waals surface area contributed by atoms with Crippen LogP contribution in [0.3, 0.4) is 0 Å². The van der Waals surface area contributed by atoms with Gasteiger partial charge in [0.05, 0.1) is 5.92 Å². The molecule has 3 heterocycles. The molecule has 37 heavy (non-hydrogen) atoms. The van der Waals surface area contributed by atoms with Gasteiger partial charge in [-0.05, 0) is 61.8 Å². The van der Waals surface area contributed by atoms with E-state index in [-0.39, 0.29) is 29.9 Å². The molecule has 1 aliphatic heterocycles. The number of hydrogen-bond acceptors (Lipinski definition) is 3. The molecule has 0 spiro atoms. The van der Waals surface area contributed by atoms with Crippen LogP contribution in [0.25, 0.3) is 22.0 Å². The van der Waals surface area contributed by atoms with Crippen LogP contribution in [-0.2, 0) is 13.6 Å². The van der Waals surface area contributed by atoms with Crippen molar-refractivity contribution in [3.63, 3.8) is 0 Å². The number of halogens is 5. The van der Waals surface area contributed by atoms with Crippen molar-refractivity contribution < 1.29 is 26.7 Å². The Morgan fingerprint density at radius 3 is 2.43 bits per heavy atom. The second-order valence-corrected chi connectivity index (χ2v) is 9.32. The predicted molar refractivity (Wildman–Crippen MR) is 129 cm³/mol. The maximum Gasteiger partial charge on any atom is 0.391 e. The average Bonchev–Trinajstić information content (AvgIpc) is 3.19. The highest BCUT2D eigenvalue weighted by atomic mass is 19.4. The van der Waals surface area contributed by atoms with Crippen molar-refractivity contribution in [1.29, 1.82) is 0 Å². The summed E-state index contributed by atoms with van der Waals surface area (Å²) in [6.07, 6.45) is -0.786. The van der Waals surface area contributed by atoms with Gasteiger partial charge in [-0.2, -0.15) is 13.2 Å². The first-order valence-corrected chi connectivity index (χ1v) is 11.8. The number of nitrogens with zero attached hydrogens (tertiary/aromatic N) is 2. The Morgan fingerprint density at radius 2 is 1.73 bits per heavy atom. The van der Waals surface area contributed by atoms with Crippen LogP contribution in [0.1, 0.15) is 18.4 Å². The molecule has 194 valence electrons. The number of rotatable bonds is 5. The number of aryl methyl sites for hydroxylation is 1. The van der Waals surface area contributed by atoms with Crippen molar-refractivity contribution >= 4 is 10.9 Å². The number of alkyl halides is 3. The molecule has 0 unspecified atom stereocenters. The fourth-order valence-corrected chi connectivity index (χ4v) is 4.91. The highest BCUT2D eigenvalue weighted by molar-refractivity contribution is 5.97. The van der Waals surface area contributed by atoms with Crippen molar-refractivity contribution in [3.8, 4) is 22.6 Å². The van der Waals surface area contributed by atoms with E-state index in [1.807, 2.05) is 11.0 Å². The molecule has 0 bridgehead atoms. The molecule has 0 amide bonds. The van der Waals surface area contributed by atoms with Gasteiger partial charge < -0.3 is 14.3 Å². The van der Waals surface area contributed by atoms with Gasteiger partial charge in [-0.15, -0.1) is 0 Å². The molecule has 1 saturated heterocycles. The van der Waals surface area contributed by atoms with Crippen LogP contribution in [0.2, 0.25) is 0 Å². The van der Waals surface area contributed by atoms with Crippen molar-refractivity contribution in [2.24, 2.45) is 13.0 Å². The zero-order chi connectivity index (χ0) is 26.3. The summed E-state index contributed by atoms with van der Waals surface area (Å²) in [7, 11) is 1.73. The lowest BCUT2D eigenvalue weighted by Gasteiger charge is -2.33. The van der Waals surface area contributed by atoms with Crippen LogP contribution >= 0.6 is 0 Å². The molecule has 5 rings (SSSR count). The molecule has 2 aromatic heterocycles. The number of benzene rings is 2. The summed E-state index contributed by atoms with van der Waals surface area (Å²) in [6, 6.07) is 10.0. The van der Waals surface area contributed by atoms with Gasteiger partial charge in [-0.3, -0.25) is 9.69 Å². The second-order valence-electron chi connectivity index (χ2n) is 9.32. The summed E-state index contributed by atoms with van der Waals surface area (Å²) in [5.74, 6) is -2.75. The highest BCUT2D eigenvalue weighted by Crippen LogP contribution is 2.39. The minimum absolute atomic E-state index is 0.0491. The van der Waals surface area contributed by atoms with E-state index in [1.165, 1.54) is 12.3 Å². The maximum atomic E-state index is 14.4. The Kier molecular flexibility index (Phi) is 6.53. The molecule has 4 aromatic rings. The molecule has 10 heteroatoms. The third-order valence-electron chi connectivity index (χ3n) is 6.80. The van der Waals surface area contributed by atoms with Gasteiger partial charge in [0.1, 0.15) is 17.1 Å². The minimum atomic E-state index is -4.18. The van der Waals surface area contributed by atoms with E-state index in [0.29, 0.717) is 41.7 Å². The number of H-pyrrole nitrogens is 1. The summed E-state index contributed by atoms with van der Waals surface area (Å²) >= 11 is 0. The smallest absolute Gasteiger partial charge is 0.391 e. The lowest BCUT2D eigenvalue weighted by atomic mass is 9.95. The SMILES string of the molecule is Cn1cc(-c2cc(CN3CCC(C(F)(F)F)CC3)ccc2Oc2ccc(F)cc2F)c2cc[nH]c(=O)c21. The van der Waals surface area contributed by atoms with Crippen LogP contribution < -0.4 is 10.3 Å². The van der Waals surface area contributed by atoms with Crippen molar-refractivity contribution in [3.05, 3.63) is 82.4 Å². The fourth-order valence-electron chi connectivity index (χ4n) is 4.91. The zero-order valence-corrected chi connectivity index (χ0v) is 19.9. The number of hydrogen-bond donors (Lipinski definition) is 1. The maximum absolute atomic E-state index is 14.4. The number of likely N-dealkylation sites (tertiary alicyclic amines) is 1. The number of pyridine rings is 1. The van der Waals surface area contributed by atoms with Gasteiger partial charge in [0.2, 0.25) is 0 Å². The first kappa shape index (κ1) is 25.0. The summed E-state index contributed by atoms with van der Waals surface area (Å²) in [5.41, 5.74) is 2.23. The monoisotopic (exact) mass is 517 g/mol. The zero-order valence-electron chi connectivity index (χ0n) is 19.9. The number of nitrogens with one attached hydrogen (secondary N) is 1. The topological polar surface area (TPSA) is 50.3 Å². The largest absolute Gasteiger partial charge is 0.454 e. The molecule has 2 aromatic carbocycles. The van der Waals surface area contributed by atoms with Gasteiger partial charge in [0.15, 0.2) is 11.6 Å². The van der Waals surface area contributed by atoms with Gasteiger partial charge >= 0.3 is 6.18 Å². The van der Waals surface area contributed by atoms with E-state index in [2.05, 4.69) is 4.98 Å². The van der Waals surface area contributed by atoms with E-state index in [1.54, 1.807) is 36.0 Å². The van der Waals surface area contributed by atoms with Gasteiger partial charge in [-0.1, -0.05) is 6.07 Å². The molecular formula is C27H24F5N3O2. The molecule has 0 atom stereocenters. The average molecular weight is 517 g/mol. The fraction of sp³-hybridized carbons (Fsp3) is 0.296. The molecule has 1 N–H and O–H groups in total. The van der Waals surface area contributed by atoms with Crippen molar-refractivity contribution in [1.82, 2.24) is 14.5 Å². The van der Waals surface area contributed by atoms with Crippen LogP contribution in [-0.4, -0.2) is 33.7 Å². The van der Waals surface area contributed by atoms with Crippen LogP contribution in [0.15, 0.2) is 59.7 Å². The summed E-state index contributed by atoms with van der Waals surface area (Å²) in [6.45, 7) is 1.07. The molecule has 1 fully saturated rings. The third kappa shape index (κ3) is 5.11. The van der Waals surface area contributed by atoms with Gasteiger partial charge in [0, 0.05) is 48.6 Å². The molecule has 0 saturated carbocycles. The predicted octanol–water partition coefficient (Wildman–Crippen LogP) is 6.38. The van der Waals surface area contributed by atoms with E-state index >= 15 is 0 Å². The number of piperidine rings is 1. The number of aromatic amines is 1. The Labute approximate surface area is 209 Å². The normalized spacial score (nSPS) is 15.4. The lowest BCUT2D eigenvalue weighted by Crippen LogP contribution is -2.38. The number of ether oxygens (including phenoxy) is 1. The summed E-state index contributed by atoms with van der Waals surface area (Å²) in [5, 5.41) is 0.652. The lowest BCUT2D eigenvalue weighted by molar-refractivity contribution is -0.185. The summed E-state index contributed by atoms with van der Waals surface area (Å²) in [4.78, 5) is 17.1. The molecule has 0 aliphatic carbocycles. The standard InChI is InChI=1S/C27H24F5N3O2/c1-34-15-21(19-6-9-33-26(36)25(19)34)20-12-16(14-35-10-7-17(8-11-35)27(30,31)32)2-4-23(20)37-24-5-3-18(28)13-22(24)29/h2-6,9,12-13,15,17H,7-8,10-11,14H2,1H3,(H,33,36). The first-order valence-electron chi connectivity index (χ1n) is 11.8. The second kappa shape index (κ2) is 9.66. The van der Waals surface area contributed by atoms with Gasteiger partial charge in [0.25, 0.3) is 5.56 Å². The number of aromatic nitrogens is 2. The van der Waals surface area contributed by atoms with E-state index in [4.69, 9.17) is 4.74 Å². The van der Waals surface area contributed by atoms with E-state index < -0.39 is 23.7 Å². The Balaban J connectivity index is 1.52. The van der Waals surface area contributed by atoms with Crippen molar-refractivity contribution in [2.45, 2.75) is 25.6 Å². The van der Waals surface area contributed by atoms with E-state index in [9.17, 15) is 26.7 Å². The Morgan fingerprint density at radius 1 is 1.00 bits per heavy atom. The van der Waals surface area contributed by atoms with Crippen LogP contribution in [0.4, 0.5) is 22.0 Å². The quantitative estimate of drug-likeness (QED) is 0.313. The minimum Gasteiger partial charge on any atom is -0.454 e. The van der Waals surface area contributed by atoms with E-state index in [0.717, 1.165) is 17.7 Å². The van der Waals surface area contributed by atoms with Gasteiger partial charge in [-0.25, -0.2) is 8.78 Å². The Bertz CT molecular complexity index is 1500. The third-order valence-corrected chi connectivity index (χ3v) is 6.80. The van der Waals surface area contributed by atoms with Crippen molar-refractivity contribution in [2.75, 3.05) is 13.1 Å². The number of fused-ring (bicyclic) bond motifs is 1. The van der Waals surface area contributed by atoms with Crippen LogP contribution in [0.5, 0.6) is 11.5 Å². The first-order chi connectivity index (χ1) is 17.6. The molecular weight excluding hydrogens is 493 g/mol. The molecule has 1 aliphatic rings. The Hall–Kier alpha value is -3.66. The highest BCUT2D eigenvalue weighted by Gasteiger charge is 2.41. The summed E-state index contributed by atoms with van der Waals surface area (Å²) < 4.78 is 74.5. The van der Waals surface area contributed by atoms with Crippen LogP contribution in [0, 0.1) is 17.6 Å².